The molecule has 5 heteroatoms. The zero-order valence-electron chi connectivity index (χ0n) is 9.28. The molecule has 1 aliphatic heterocycles. The first kappa shape index (κ1) is 13.5. The lowest BCUT2D eigenvalue weighted by Crippen LogP contribution is -2.33. The summed E-state index contributed by atoms with van der Waals surface area (Å²) in [7, 11) is -0.684. The Morgan fingerprint density at radius 2 is 2.07 bits per heavy atom. The average molecular weight is 298 g/mol. The second kappa shape index (κ2) is 6.21. The molecule has 1 atom stereocenters. The number of hydrogen-bond acceptors (Lipinski definition) is 3. The van der Waals surface area contributed by atoms with Gasteiger partial charge in [-0.05, 0) is 32.9 Å². The van der Waals surface area contributed by atoms with Crippen molar-refractivity contribution in [3.8, 4) is 0 Å². The summed E-state index contributed by atoms with van der Waals surface area (Å²) < 4.78 is 22.6. The quantitative estimate of drug-likeness (QED) is 0.553. The minimum absolute atomic E-state index is 0.263. The highest BCUT2D eigenvalue weighted by Crippen LogP contribution is 2.16. The van der Waals surface area contributed by atoms with Gasteiger partial charge in [-0.1, -0.05) is 22.4 Å². The number of hydrogen-bond donors (Lipinski definition) is 0. The summed E-state index contributed by atoms with van der Waals surface area (Å²) >= 11 is 3.40. The molecule has 15 heavy (non-hydrogen) atoms. The molecule has 90 valence electrons. The topological polar surface area (TPSA) is 37.4 Å². The minimum Gasteiger partial charge on any atom is -0.302 e. The summed E-state index contributed by atoms with van der Waals surface area (Å²) in [4.78, 5) is 2.21. The molecule has 1 saturated heterocycles. The SMILES string of the molecule is CN(CCCCCBr)C1CCS(=O)(=O)C1. The van der Waals surface area contributed by atoms with E-state index in [4.69, 9.17) is 0 Å². The molecule has 0 aromatic rings. The summed E-state index contributed by atoms with van der Waals surface area (Å²) in [5.74, 6) is 0.741. The van der Waals surface area contributed by atoms with Gasteiger partial charge in [-0.3, -0.25) is 0 Å². The van der Waals surface area contributed by atoms with E-state index >= 15 is 0 Å². The lowest BCUT2D eigenvalue weighted by Gasteiger charge is -2.22. The van der Waals surface area contributed by atoms with Crippen LogP contribution in [-0.4, -0.2) is 49.8 Å². The molecule has 0 amide bonds. The summed E-state index contributed by atoms with van der Waals surface area (Å²) in [6, 6.07) is 0.263. The van der Waals surface area contributed by atoms with Crippen LogP contribution >= 0.6 is 15.9 Å². The van der Waals surface area contributed by atoms with E-state index in [-0.39, 0.29) is 6.04 Å². The normalized spacial score (nSPS) is 24.9. The van der Waals surface area contributed by atoms with Crippen molar-refractivity contribution in [3.05, 3.63) is 0 Å². The summed E-state index contributed by atoms with van der Waals surface area (Å²) in [5.41, 5.74) is 0. The zero-order chi connectivity index (χ0) is 11.3. The first-order chi connectivity index (χ1) is 7.05. The highest BCUT2D eigenvalue weighted by Gasteiger charge is 2.30. The van der Waals surface area contributed by atoms with Crippen LogP contribution in [0.2, 0.25) is 0 Å². The van der Waals surface area contributed by atoms with Crippen LogP contribution in [0.25, 0.3) is 0 Å². The van der Waals surface area contributed by atoms with E-state index in [1.807, 2.05) is 7.05 Å². The van der Waals surface area contributed by atoms with Crippen LogP contribution in [-0.2, 0) is 9.84 Å². The summed E-state index contributed by atoms with van der Waals surface area (Å²) in [6.07, 6.45) is 4.40. The molecule has 1 fully saturated rings. The zero-order valence-corrected chi connectivity index (χ0v) is 11.7. The van der Waals surface area contributed by atoms with Crippen molar-refractivity contribution in [1.82, 2.24) is 4.90 Å². The van der Waals surface area contributed by atoms with Crippen molar-refractivity contribution in [2.45, 2.75) is 31.7 Å². The molecular weight excluding hydrogens is 278 g/mol. The first-order valence-corrected chi connectivity index (χ1v) is 8.46. The Morgan fingerprint density at radius 3 is 2.60 bits per heavy atom. The van der Waals surface area contributed by atoms with Gasteiger partial charge in [0.1, 0.15) is 0 Å². The average Bonchev–Trinajstić information content (AvgIpc) is 2.53. The maximum atomic E-state index is 11.3. The number of sulfone groups is 1. The molecule has 0 aliphatic carbocycles. The monoisotopic (exact) mass is 297 g/mol. The Hall–Kier alpha value is 0.390. The van der Waals surface area contributed by atoms with Crippen molar-refractivity contribution in [1.29, 1.82) is 0 Å². The molecule has 3 nitrogen and oxygen atoms in total. The molecule has 0 N–H and O–H groups in total. The smallest absolute Gasteiger partial charge is 0.151 e. The highest BCUT2D eigenvalue weighted by molar-refractivity contribution is 9.09. The van der Waals surface area contributed by atoms with Crippen molar-refractivity contribution in [2.75, 3.05) is 30.4 Å². The van der Waals surface area contributed by atoms with E-state index in [0.717, 1.165) is 18.3 Å². The Morgan fingerprint density at radius 1 is 1.33 bits per heavy atom. The van der Waals surface area contributed by atoms with Gasteiger partial charge in [-0.15, -0.1) is 0 Å². The predicted molar refractivity (Wildman–Crippen MR) is 67.3 cm³/mol. The third-order valence-electron chi connectivity index (χ3n) is 2.98. The van der Waals surface area contributed by atoms with Crippen LogP contribution in [0.4, 0.5) is 0 Å². The molecule has 0 spiro atoms. The summed E-state index contributed by atoms with van der Waals surface area (Å²) in [6.45, 7) is 1.02. The Kier molecular flexibility index (Phi) is 5.57. The summed E-state index contributed by atoms with van der Waals surface area (Å²) in [5, 5.41) is 1.06. The van der Waals surface area contributed by atoms with Crippen molar-refractivity contribution in [3.63, 3.8) is 0 Å². The van der Waals surface area contributed by atoms with Crippen molar-refractivity contribution < 1.29 is 8.42 Å². The second-order valence-electron chi connectivity index (χ2n) is 4.29. The second-order valence-corrected chi connectivity index (χ2v) is 7.31. The van der Waals surface area contributed by atoms with Gasteiger partial charge in [0, 0.05) is 11.4 Å². The van der Waals surface area contributed by atoms with E-state index in [0.29, 0.717) is 11.5 Å². The molecule has 0 radical (unpaired) electrons. The van der Waals surface area contributed by atoms with E-state index in [9.17, 15) is 8.42 Å². The Labute approximate surface area is 101 Å². The lowest BCUT2D eigenvalue weighted by atomic mass is 10.2. The highest BCUT2D eigenvalue weighted by atomic mass is 79.9. The van der Waals surface area contributed by atoms with Gasteiger partial charge in [-0.25, -0.2) is 8.42 Å². The van der Waals surface area contributed by atoms with Gasteiger partial charge in [0.15, 0.2) is 9.84 Å². The van der Waals surface area contributed by atoms with Crippen LogP contribution in [0.5, 0.6) is 0 Å². The largest absolute Gasteiger partial charge is 0.302 e. The number of nitrogens with zero attached hydrogens (tertiary/aromatic N) is 1. The van der Waals surface area contributed by atoms with Gasteiger partial charge in [0.2, 0.25) is 0 Å². The Bertz CT molecular complexity index is 279. The van der Waals surface area contributed by atoms with Gasteiger partial charge in [-0.2, -0.15) is 0 Å². The van der Waals surface area contributed by atoms with Gasteiger partial charge in [0.05, 0.1) is 11.5 Å². The lowest BCUT2D eigenvalue weighted by molar-refractivity contribution is 0.257. The van der Waals surface area contributed by atoms with E-state index in [2.05, 4.69) is 20.8 Å². The van der Waals surface area contributed by atoms with E-state index < -0.39 is 9.84 Å². The molecule has 0 bridgehead atoms. The fourth-order valence-corrected chi connectivity index (χ4v) is 4.14. The van der Waals surface area contributed by atoms with Gasteiger partial charge < -0.3 is 4.90 Å². The fourth-order valence-electron chi connectivity index (χ4n) is 1.94. The van der Waals surface area contributed by atoms with Crippen LogP contribution in [0.15, 0.2) is 0 Å². The molecule has 0 aromatic carbocycles. The minimum atomic E-state index is -2.72. The van der Waals surface area contributed by atoms with Crippen LogP contribution in [0.3, 0.4) is 0 Å². The molecule has 1 unspecified atom stereocenters. The predicted octanol–water partition coefficient (Wildman–Crippen LogP) is 1.67. The third kappa shape index (κ3) is 4.83. The van der Waals surface area contributed by atoms with Gasteiger partial charge >= 0.3 is 0 Å². The van der Waals surface area contributed by atoms with Crippen molar-refractivity contribution in [2.24, 2.45) is 0 Å². The maximum absolute atomic E-state index is 11.3. The van der Waals surface area contributed by atoms with Gasteiger partial charge in [0.25, 0.3) is 0 Å². The van der Waals surface area contributed by atoms with Crippen LogP contribution in [0, 0.1) is 0 Å². The first-order valence-electron chi connectivity index (χ1n) is 5.52. The Balaban J connectivity index is 2.21. The third-order valence-corrected chi connectivity index (χ3v) is 5.29. The van der Waals surface area contributed by atoms with Crippen LogP contribution in [0.1, 0.15) is 25.7 Å². The fraction of sp³-hybridized carbons (Fsp3) is 1.00. The maximum Gasteiger partial charge on any atom is 0.151 e. The van der Waals surface area contributed by atoms with E-state index in [1.165, 1.54) is 19.3 Å². The molecule has 1 rings (SSSR count). The number of rotatable bonds is 6. The van der Waals surface area contributed by atoms with Crippen LogP contribution < -0.4 is 0 Å². The molecule has 0 saturated carbocycles. The number of unbranched alkanes of at least 4 members (excludes halogenated alkanes) is 2. The molecular formula is C10H20BrNO2S. The number of halogens is 1. The number of alkyl halides is 1. The standard InChI is InChI=1S/C10H20BrNO2S/c1-12(7-4-2-3-6-11)10-5-8-15(13,14)9-10/h10H,2-9H2,1H3. The van der Waals surface area contributed by atoms with Crippen molar-refractivity contribution >= 4 is 25.8 Å². The van der Waals surface area contributed by atoms with E-state index in [1.54, 1.807) is 0 Å². The molecule has 1 heterocycles. The molecule has 0 aromatic heterocycles. The molecule has 1 aliphatic rings.